The highest BCUT2D eigenvalue weighted by atomic mass is 31.2. The fraction of sp³-hybridized carbons (Fsp3) is 0. The Morgan fingerprint density at radius 3 is 1.47 bits per heavy atom. The number of rotatable bonds is 6. The molecule has 2 heterocycles. The van der Waals surface area contributed by atoms with Gasteiger partial charge in [0.15, 0.2) is 14.3 Å². The Labute approximate surface area is 284 Å². The molecule has 0 fully saturated rings. The minimum absolute atomic E-state index is 0.745. The summed E-state index contributed by atoms with van der Waals surface area (Å²) >= 11 is 0. The third-order valence-corrected chi connectivity index (χ3v) is 15.7. The van der Waals surface area contributed by atoms with Crippen LogP contribution < -0.4 is 31.8 Å². The summed E-state index contributed by atoms with van der Waals surface area (Å²) in [6, 6.07) is 59.4. The smallest absolute Gasteiger partial charge is 0.171 e. The van der Waals surface area contributed by atoms with Gasteiger partial charge in [-0.2, -0.15) is 0 Å². The maximum absolute atomic E-state index is 15.8. The van der Waals surface area contributed by atoms with Gasteiger partial charge in [-0.05, 0) is 24.3 Å². The summed E-state index contributed by atoms with van der Waals surface area (Å²) in [5.74, 6) is 0. The van der Waals surface area contributed by atoms with Gasteiger partial charge in [-0.3, -0.25) is 4.40 Å². The number of pyridine rings is 1. The molecule has 0 bridgehead atoms. The summed E-state index contributed by atoms with van der Waals surface area (Å²) in [7, 11) is -6.53. The molecule has 0 atom stereocenters. The second-order valence-electron chi connectivity index (χ2n) is 12.2. The van der Waals surface area contributed by atoms with Crippen LogP contribution in [0.1, 0.15) is 0 Å². The first kappa shape index (κ1) is 29.6. The van der Waals surface area contributed by atoms with E-state index in [2.05, 4.69) is 28.7 Å². The molecule has 0 saturated carbocycles. The molecule has 7 aromatic carbocycles. The number of hydrogen-bond acceptors (Lipinski definition) is 3. The van der Waals surface area contributed by atoms with Gasteiger partial charge in [-0.1, -0.05) is 158 Å². The van der Waals surface area contributed by atoms with Gasteiger partial charge in [0.2, 0.25) is 0 Å². The van der Waals surface area contributed by atoms with Crippen LogP contribution >= 0.6 is 14.3 Å². The van der Waals surface area contributed by atoms with E-state index in [1.54, 1.807) is 0 Å². The maximum atomic E-state index is 15.8. The third-order valence-electron chi connectivity index (χ3n) is 9.52. The quantitative estimate of drug-likeness (QED) is 0.133. The van der Waals surface area contributed by atoms with Crippen LogP contribution in [0.3, 0.4) is 0 Å². The number of para-hydroxylation sites is 1. The number of aromatic nitrogens is 2. The van der Waals surface area contributed by atoms with Gasteiger partial charge in [0.05, 0.1) is 16.6 Å². The zero-order chi connectivity index (χ0) is 33.0. The predicted molar refractivity (Wildman–Crippen MR) is 206 cm³/mol. The van der Waals surface area contributed by atoms with Crippen molar-refractivity contribution in [3.8, 4) is 0 Å². The van der Waals surface area contributed by atoms with Crippen LogP contribution in [-0.2, 0) is 9.13 Å². The number of fused-ring (bicyclic) bond motifs is 8. The van der Waals surface area contributed by atoms with Crippen molar-refractivity contribution in [3.63, 3.8) is 0 Å². The standard InChI is InChI=1S/C43H30N2O2P2/c46-48(31-16-5-1-6-17-31,32-18-7-2-8-19-32)35-28-29-38-40(30-35)45-39-26-14-13-24-36(39)42-37(43(45)44-38)25-15-27-41(42)49(47,33-20-9-3-10-21-33)34-22-11-4-12-23-34/h1-30H. The van der Waals surface area contributed by atoms with E-state index in [0.717, 1.165) is 70.2 Å². The maximum Gasteiger partial charge on any atom is 0.171 e. The largest absolute Gasteiger partial charge is 0.309 e. The van der Waals surface area contributed by atoms with Crippen LogP contribution in [-0.4, -0.2) is 9.38 Å². The third kappa shape index (κ3) is 4.49. The summed E-state index contributed by atoms with van der Waals surface area (Å²) in [4.78, 5) is 5.21. The van der Waals surface area contributed by atoms with Crippen molar-refractivity contribution < 1.29 is 9.13 Å². The fourth-order valence-corrected chi connectivity index (χ4v) is 12.8. The van der Waals surface area contributed by atoms with E-state index in [9.17, 15) is 0 Å². The van der Waals surface area contributed by atoms with E-state index in [-0.39, 0.29) is 0 Å². The lowest BCUT2D eigenvalue weighted by Gasteiger charge is -2.23. The molecule has 6 heteroatoms. The number of benzene rings is 7. The molecule has 0 N–H and O–H groups in total. The molecule has 0 saturated heterocycles. The Morgan fingerprint density at radius 1 is 0.408 bits per heavy atom. The van der Waals surface area contributed by atoms with E-state index in [4.69, 9.17) is 4.98 Å². The average molecular weight is 669 g/mol. The molecule has 0 spiro atoms. The molecule has 4 nitrogen and oxygen atoms in total. The van der Waals surface area contributed by atoms with Crippen molar-refractivity contribution in [2.24, 2.45) is 0 Å². The summed E-state index contributed by atoms with van der Waals surface area (Å²) < 4.78 is 33.3. The highest BCUT2D eigenvalue weighted by Gasteiger charge is 2.33. The van der Waals surface area contributed by atoms with Crippen molar-refractivity contribution in [1.29, 1.82) is 0 Å². The minimum Gasteiger partial charge on any atom is -0.309 e. The Balaban J connectivity index is 1.38. The monoisotopic (exact) mass is 668 g/mol. The van der Waals surface area contributed by atoms with Crippen molar-refractivity contribution >= 4 is 84.5 Å². The number of hydrogen-bond donors (Lipinski definition) is 0. The molecular weight excluding hydrogens is 638 g/mol. The molecule has 0 aliphatic heterocycles. The first-order chi connectivity index (χ1) is 24.1. The van der Waals surface area contributed by atoms with Gasteiger partial charge in [0.1, 0.15) is 5.65 Å². The van der Waals surface area contributed by atoms with Gasteiger partial charge < -0.3 is 9.13 Å². The molecule has 0 aliphatic carbocycles. The SMILES string of the molecule is O=P(c1ccccc1)(c1ccccc1)c1ccc2nc3c4cccc(P(=O)(c5ccccc5)c5ccccc5)c4c4ccccc4n3c2c1. The summed E-state index contributed by atoms with van der Waals surface area (Å²) in [6.45, 7) is 0. The molecule has 9 aromatic rings. The molecule has 0 radical (unpaired) electrons. The van der Waals surface area contributed by atoms with Gasteiger partial charge in [0, 0.05) is 48.0 Å². The van der Waals surface area contributed by atoms with Crippen LogP contribution in [0.2, 0.25) is 0 Å². The van der Waals surface area contributed by atoms with Gasteiger partial charge in [-0.25, -0.2) is 4.98 Å². The van der Waals surface area contributed by atoms with Crippen LogP contribution in [0.4, 0.5) is 0 Å². The highest BCUT2D eigenvalue weighted by Crippen LogP contribution is 2.47. The van der Waals surface area contributed by atoms with E-state index < -0.39 is 14.3 Å². The van der Waals surface area contributed by atoms with Crippen LogP contribution in [0.25, 0.3) is 38.4 Å². The zero-order valence-electron chi connectivity index (χ0n) is 26.4. The molecule has 2 aromatic heterocycles. The van der Waals surface area contributed by atoms with Crippen molar-refractivity contribution in [1.82, 2.24) is 9.38 Å². The predicted octanol–water partition coefficient (Wildman–Crippen LogP) is 8.07. The van der Waals surface area contributed by atoms with Crippen molar-refractivity contribution in [2.45, 2.75) is 0 Å². The van der Waals surface area contributed by atoms with Crippen molar-refractivity contribution in [2.75, 3.05) is 0 Å². The second-order valence-corrected chi connectivity index (χ2v) is 17.7. The van der Waals surface area contributed by atoms with Gasteiger partial charge in [-0.15, -0.1) is 0 Å². The summed E-state index contributed by atoms with van der Waals surface area (Å²) in [5, 5.41) is 7.49. The van der Waals surface area contributed by atoms with E-state index in [0.29, 0.717) is 0 Å². The first-order valence-corrected chi connectivity index (χ1v) is 19.7. The first-order valence-electron chi connectivity index (χ1n) is 16.3. The normalized spacial score (nSPS) is 12.2. The molecule has 0 amide bonds. The lowest BCUT2D eigenvalue weighted by Crippen LogP contribution is -2.25. The molecular formula is C43H30N2O2P2. The fourth-order valence-electron chi connectivity index (χ4n) is 7.26. The Morgan fingerprint density at radius 2 is 0.898 bits per heavy atom. The van der Waals surface area contributed by atoms with E-state index in [1.165, 1.54) is 0 Å². The van der Waals surface area contributed by atoms with Crippen LogP contribution in [0.15, 0.2) is 182 Å². The van der Waals surface area contributed by atoms with Gasteiger partial charge in [0.25, 0.3) is 0 Å². The summed E-state index contributed by atoms with van der Waals surface area (Å²) in [6.07, 6.45) is 0. The van der Waals surface area contributed by atoms with E-state index in [1.807, 2.05) is 158 Å². The minimum atomic E-state index is -3.31. The van der Waals surface area contributed by atoms with Crippen LogP contribution in [0.5, 0.6) is 0 Å². The van der Waals surface area contributed by atoms with E-state index >= 15 is 9.13 Å². The Hall–Kier alpha value is -5.53. The molecule has 234 valence electrons. The molecule has 0 unspecified atom stereocenters. The Kier molecular flexibility index (Phi) is 6.99. The molecule has 0 aliphatic rings. The van der Waals surface area contributed by atoms with Crippen molar-refractivity contribution in [3.05, 3.63) is 182 Å². The second kappa shape index (κ2) is 11.6. The number of nitrogens with zero attached hydrogens (tertiary/aromatic N) is 2. The van der Waals surface area contributed by atoms with Gasteiger partial charge >= 0.3 is 0 Å². The van der Waals surface area contributed by atoms with Crippen LogP contribution in [0, 0.1) is 0 Å². The molecule has 9 rings (SSSR count). The topological polar surface area (TPSA) is 51.4 Å². The lowest BCUT2D eigenvalue weighted by molar-refractivity contribution is 0.591. The average Bonchev–Trinajstić information content (AvgIpc) is 3.58. The molecule has 49 heavy (non-hydrogen) atoms. The highest BCUT2D eigenvalue weighted by molar-refractivity contribution is 7.86. The lowest BCUT2D eigenvalue weighted by atomic mass is 10.1. The zero-order valence-corrected chi connectivity index (χ0v) is 28.2. The number of imidazole rings is 1. The Bertz CT molecular complexity index is 2680. The summed E-state index contributed by atoms with van der Waals surface area (Å²) in [5.41, 5.74) is 3.38.